The van der Waals surface area contributed by atoms with Crippen molar-refractivity contribution in [3.63, 3.8) is 0 Å². The topological polar surface area (TPSA) is 93.2 Å². The molecule has 3 amide bonds. The Kier molecular flexibility index (Phi) is 3.11. The van der Waals surface area contributed by atoms with Crippen LogP contribution in [0.4, 0.5) is 10.5 Å². The number of carbonyl (C=O) groups is 2. The fraction of sp³-hybridized carbons (Fsp3) is 0.308. The molecule has 0 atom stereocenters. The third-order valence-electron chi connectivity index (χ3n) is 3.33. The van der Waals surface area contributed by atoms with Crippen molar-refractivity contribution in [2.24, 2.45) is 5.73 Å². The minimum atomic E-state index is -0.384. The van der Waals surface area contributed by atoms with Gasteiger partial charge < -0.3 is 5.73 Å². The van der Waals surface area contributed by atoms with Gasteiger partial charge in [0.1, 0.15) is 0 Å². The van der Waals surface area contributed by atoms with E-state index in [0.717, 1.165) is 16.6 Å². The molecular weight excluding hydrogens is 258 g/mol. The highest BCUT2D eigenvalue weighted by Gasteiger charge is 2.24. The number of anilines is 1. The Labute approximate surface area is 115 Å². The van der Waals surface area contributed by atoms with Gasteiger partial charge in [-0.1, -0.05) is 0 Å². The number of nitrogens with one attached hydrogen (secondary N) is 1. The average Bonchev–Trinajstić information content (AvgIpc) is 2.82. The monoisotopic (exact) mass is 273 g/mol. The zero-order chi connectivity index (χ0) is 14.1. The zero-order valence-electron chi connectivity index (χ0n) is 10.9. The highest BCUT2D eigenvalue weighted by molar-refractivity contribution is 6.06. The maximum Gasteiger partial charge on any atom is 0.328 e. The van der Waals surface area contributed by atoms with E-state index in [4.69, 9.17) is 5.73 Å². The van der Waals surface area contributed by atoms with Crippen LogP contribution in [0.15, 0.2) is 24.4 Å². The third kappa shape index (κ3) is 2.12. The molecule has 20 heavy (non-hydrogen) atoms. The summed E-state index contributed by atoms with van der Waals surface area (Å²) in [6, 6.07) is 5.28. The van der Waals surface area contributed by atoms with Crippen LogP contribution in [0.3, 0.4) is 0 Å². The SMILES string of the molecule is NCCn1ncc2ccc(N3CCC(=O)NC3=O)cc21. The molecule has 2 aromatic rings. The van der Waals surface area contributed by atoms with Gasteiger partial charge in [-0.15, -0.1) is 0 Å². The largest absolute Gasteiger partial charge is 0.329 e. The summed E-state index contributed by atoms with van der Waals surface area (Å²) < 4.78 is 1.81. The number of urea groups is 1. The maximum atomic E-state index is 11.8. The summed E-state index contributed by atoms with van der Waals surface area (Å²) in [6.45, 7) is 1.51. The lowest BCUT2D eigenvalue weighted by molar-refractivity contribution is -0.120. The van der Waals surface area contributed by atoms with Crippen LogP contribution in [0.5, 0.6) is 0 Å². The van der Waals surface area contributed by atoms with Crippen LogP contribution in [0.1, 0.15) is 6.42 Å². The molecule has 0 bridgehead atoms. The molecule has 1 fully saturated rings. The highest BCUT2D eigenvalue weighted by Crippen LogP contribution is 2.23. The maximum absolute atomic E-state index is 11.8. The summed E-state index contributed by atoms with van der Waals surface area (Å²) in [4.78, 5) is 24.6. The van der Waals surface area contributed by atoms with Crippen molar-refractivity contribution in [3.8, 4) is 0 Å². The number of nitrogens with zero attached hydrogens (tertiary/aromatic N) is 3. The zero-order valence-corrected chi connectivity index (χ0v) is 10.9. The molecule has 0 unspecified atom stereocenters. The van der Waals surface area contributed by atoms with E-state index in [0.29, 0.717) is 26.1 Å². The third-order valence-corrected chi connectivity index (χ3v) is 3.33. The molecule has 1 saturated heterocycles. The Morgan fingerprint density at radius 2 is 2.20 bits per heavy atom. The van der Waals surface area contributed by atoms with Gasteiger partial charge >= 0.3 is 6.03 Å². The van der Waals surface area contributed by atoms with Crippen LogP contribution >= 0.6 is 0 Å². The van der Waals surface area contributed by atoms with Crippen molar-refractivity contribution < 1.29 is 9.59 Å². The minimum Gasteiger partial charge on any atom is -0.329 e. The number of rotatable bonds is 3. The fourth-order valence-electron chi connectivity index (χ4n) is 2.34. The fourth-order valence-corrected chi connectivity index (χ4v) is 2.34. The van der Waals surface area contributed by atoms with E-state index in [1.54, 1.807) is 11.1 Å². The van der Waals surface area contributed by atoms with Crippen LogP contribution in [0, 0.1) is 0 Å². The first kappa shape index (κ1) is 12.6. The summed E-state index contributed by atoms with van der Waals surface area (Å²) in [5, 5.41) is 7.58. The van der Waals surface area contributed by atoms with Crippen LogP contribution in [0.2, 0.25) is 0 Å². The summed E-state index contributed by atoms with van der Waals surface area (Å²) >= 11 is 0. The smallest absolute Gasteiger partial charge is 0.328 e. The molecule has 7 heteroatoms. The summed E-state index contributed by atoms with van der Waals surface area (Å²) in [5.41, 5.74) is 7.24. The first-order valence-corrected chi connectivity index (χ1v) is 6.46. The quantitative estimate of drug-likeness (QED) is 0.848. The number of nitrogens with two attached hydrogens (primary N) is 1. The number of benzene rings is 1. The molecular formula is C13H15N5O2. The van der Waals surface area contributed by atoms with Crippen LogP contribution in [0.25, 0.3) is 10.9 Å². The van der Waals surface area contributed by atoms with Crippen molar-refractivity contribution >= 4 is 28.5 Å². The van der Waals surface area contributed by atoms with Crippen molar-refractivity contribution in [1.29, 1.82) is 0 Å². The van der Waals surface area contributed by atoms with Crippen molar-refractivity contribution in [2.45, 2.75) is 13.0 Å². The number of fused-ring (bicyclic) bond motifs is 1. The Balaban J connectivity index is 1.97. The Hall–Kier alpha value is -2.41. The molecule has 1 aromatic carbocycles. The van der Waals surface area contributed by atoms with E-state index >= 15 is 0 Å². The van der Waals surface area contributed by atoms with E-state index in [1.165, 1.54) is 0 Å². The van der Waals surface area contributed by atoms with E-state index < -0.39 is 0 Å². The summed E-state index contributed by atoms with van der Waals surface area (Å²) in [5.74, 6) is -0.236. The standard InChI is InChI=1S/C13H15N5O2/c14-4-6-18-11-7-10(2-1-9(11)8-15-18)17-5-3-12(19)16-13(17)20/h1-2,7-8H,3-6,14H2,(H,16,19,20). The first-order chi connectivity index (χ1) is 9.69. The van der Waals surface area contributed by atoms with Gasteiger partial charge in [0.05, 0.1) is 18.3 Å². The van der Waals surface area contributed by atoms with E-state index in [-0.39, 0.29) is 11.9 Å². The number of hydrogen-bond acceptors (Lipinski definition) is 4. The molecule has 1 aliphatic heterocycles. The molecule has 0 aliphatic carbocycles. The molecule has 1 aromatic heterocycles. The molecule has 3 N–H and O–H groups in total. The number of carbonyl (C=O) groups excluding carboxylic acids is 2. The number of hydrogen-bond donors (Lipinski definition) is 2. The Morgan fingerprint density at radius 3 is 2.95 bits per heavy atom. The van der Waals surface area contributed by atoms with Crippen molar-refractivity contribution in [1.82, 2.24) is 15.1 Å². The van der Waals surface area contributed by atoms with Crippen molar-refractivity contribution in [3.05, 3.63) is 24.4 Å². The summed E-state index contributed by atoms with van der Waals surface area (Å²) in [6.07, 6.45) is 2.08. The number of imide groups is 1. The second-order valence-electron chi connectivity index (χ2n) is 4.65. The van der Waals surface area contributed by atoms with Gasteiger partial charge in [0.15, 0.2) is 0 Å². The molecule has 0 saturated carbocycles. The van der Waals surface area contributed by atoms with E-state index in [2.05, 4.69) is 10.4 Å². The molecule has 0 spiro atoms. The first-order valence-electron chi connectivity index (χ1n) is 6.46. The lowest BCUT2D eigenvalue weighted by Gasteiger charge is -2.26. The predicted molar refractivity (Wildman–Crippen MR) is 74.3 cm³/mol. The normalized spacial score (nSPS) is 15.8. The number of amides is 3. The second-order valence-corrected chi connectivity index (χ2v) is 4.65. The van der Waals surface area contributed by atoms with Gasteiger partial charge in [0, 0.05) is 30.6 Å². The van der Waals surface area contributed by atoms with Crippen LogP contribution < -0.4 is 16.0 Å². The summed E-state index contributed by atoms with van der Waals surface area (Å²) in [7, 11) is 0. The van der Waals surface area contributed by atoms with Crippen LogP contribution in [-0.2, 0) is 11.3 Å². The van der Waals surface area contributed by atoms with Crippen molar-refractivity contribution in [2.75, 3.05) is 18.0 Å². The lowest BCUT2D eigenvalue weighted by atomic mass is 10.2. The highest BCUT2D eigenvalue weighted by atomic mass is 16.2. The predicted octanol–water partition coefficient (Wildman–Crippen LogP) is 0.441. The molecule has 1 aliphatic rings. The average molecular weight is 273 g/mol. The van der Waals surface area contributed by atoms with Gasteiger partial charge in [-0.25, -0.2) is 4.79 Å². The Morgan fingerprint density at radius 1 is 1.35 bits per heavy atom. The van der Waals surface area contributed by atoms with E-state index in [1.807, 2.05) is 22.9 Å². The molecule has 7 nitrogen and oxygen atoms in total. The molecule has 3 rings (SSSR count). The van der Waals surface area contributed by atoms with Gasteiger partial charge in [-0.3, -0.25) is 19.7 Å². The number of aromatic nitrogens is 2. The minimum absolute atomic E-state index is 0.236. The second kappa shape index (κ2) is 4.93. The lowest BCUT2D eigenvalue weighted by Crippen LogP contribution is -2.49. The van der Waals surface area contributed by atoms with E-state index in [9.17, 15) is 9.59 Å². The van der Waals surface area contributed by atoms with Gasteiger partial charge in [-0.2, -0.15) is 5.10 Å². The molecule has 0 radical (unpaired) electrons. The van der Waals surface area contributed by atoms with Gasteiger partial charge in [0.2, 0.25) is 5.91 Å². The van der Waals surface area contributed by atoms with Gasteiger partial charge in [0.25, 0.3) is 0 Å². The molecule has 2 heterocycles. The molecule has 104 valence electrons. The van der Waals surface area contributed by atoms with Crippen LogP contribution in [-0.4, -0.2) is 34.8 Å². The Bertz CT molecular complexity index is 678. The van der Waals surface area contributed by atoms with Gasteiger partial charge in [-0.05, 0) is 18.2 Å².